The van der Waals surface area contributed by atoms with Gasteiger partial charge in [0.15, 0.2) is 17.3 Å². The minimum atomic E-state index is -4.99. The largest absolute Gasteiger partial charge is 0.419 e. The number of carbonyl (C=O) groups is 1. The predicted molar refractivity (Wildman–Crippen MR) is 114 cm³/mol. The van der Waals surface area contributed by atoms with Crippen LogP contribution in [0.15, 0.2) is 12.1 Å². The van der Waals surface area contributed by atoms with Crippen molar-refractivity contribution in [3.8, 4) is 0 Å². The van der Waals surface area contributed by atoms with Crippen molar-refractivity contribution < 1.29 is 26.7 Å². The quantitative estimate of drug-likeness (QED) is 0.632. The molecule has 184 valence electrons. The lowest BCUT2D eigenvalue weighted by molar-refractivity contribution is -0.141. The molecule has 1 aromatic carbocycles. The summed E-state index contributed by atoms with van der Waals surface area (Å²) in [5.41, 5.74) is 0.491. The molecule has 34 heavy (non-hydrogen) atoms. The van der Waals surface area contributed by atoms with Crippen molar-refractivity contribution in [3.05, 3.63) is 51.8 Å². The third-order valence-electron chi connectivity index (χ3n) is 7.59. The van der Waals surface area contributed by atoms with Gasteiger partial charge < -0.3 is 4.90 Å². The van der Waals surface area contributed by atoms with Crippen molar-refractivity contribution in [2.75, 3.05) is 26.2 Å². The lowest BCUT2D eigenvalue weighted by Crippen LogP contribution is -2.40. The van der Waals surface area contributed by atoms with Gasteiger partial charge in [0, 0.05) is 38.3 Å². The average molecular weight is 482 g/mol. The van der Waals surface area contributed by atoms with E-state index in [0.717, 1.165) is 55.4 Å². The van der Waals surface area contributed by atoms with Gasteiger partial charge in [0.25, 0.3) is 5.91 Å². The van der Waals surface area contributed by atoms with Crippen LogP contribution in [0.4, 0.5) is 22.0 Å². The third-order valence-corrected chi connectivity index (χ3v) is 7.59. The van der Waals surface area contributed by atoms with Gasteiger partial charge in [-0.1, -0.05) is 12.5 Å². The minimum Gasteiger partial charge on any atom is -0.337 e. The number of fused-ring (bicyclic) bond motifs is 1. The summed E-state index contributed by atoms with van der Waals surface area (Å²) in [4.78, 5) is 17.1. The second-order valence-corrected chi connectivity index (χ2v) is 9.70. The van der Waals surface area contributed by atoms with Crippen LogP contribution in [-0.2, 0) is 19.1 Å². The van der Waals surface area contributed by atoms with Crippen molar-refractivity contribution in [3.63, 3.8) is 0 Å². The van der Waals surface area contributed by atoms with Crippen LogP contribution < -0.4 is 0 Å². The van der Waals surface area contributed by atoms with Crippen LogP contribution in [0.5, 0.6) is 0 Å². The number of likely N-dealkylation sites (tertiary alicyclic amines) is 1. The molecule has 1 amide bonds. The SMILES string of the molecule is O=C(c1n[nH]c2c1CCN(CC1CCC1)C2)N1CCC(c2ccc(F)c(F)c2C(F)(F)F)CC1. The Balaban J connectivity index is 1.25. The first-order valence-corrected chi connectivity index (χ1v) is 11.8. The number of rotatable bonds is 4. The van der Waals surface area contributed by atoms with E-state index in [-0.39, 0.29) is 37.4 Å². The van der Waals surface area contributed by atoms with E-state index in [1.54, 1.807) is 4.90 Å². The molecule has 2 aromatic rings. The highest BCUT2D eigenvalue weighted by Gasteiger charge is 2.41. The Labute approximate surface area is 194 Å². The number of carbonyl (C=O) groups excluding carboxylic acids is 1. The summed E-state index contributed by atoms with van der Waals surface area (Å²) in [6.45, 7) is 3.15. The molecule has 0 spiro atoms. The van der Waals surface area contributed by atoms with Crippen LogP contribution in [0, 0.1) is 17.6 Å². The first-order valence-electron chi connectivity index (χ1n) is 11.8. The maximum Gasteiger partial charge on any atom is 0.419 e. The second kappa shape index (κ2) is 8.94. The first-order chi connectivity index (χ1) is 16.2. The fraction of sp³-hybridized carbons (Fsp3) is 0.583. The molecule has 1 aromatic heterocycles. The summed E-state index contributed by atoms with van der Waals surface area (Å²) in [6.07, 6.45) is 0.0806. The van der Waals surface area contributed by atoms with Crippen LogP contribution in [0.3, 0.4) is 0 Å². The summed E-state index contributed by atoms with van der Waals surface area (Å²) in [7, 11) is 0. The zero-order valence-corrected chi connectivity index (χ0v) is 18.7. The van der Waals surface area contributed by atoms with Crippen molar-refractivity contribution >= 4 is 5.91 Å². The monoisotopic (exact) mass is 482 g/mol. The maximum absolute atomic E-state index is 14.0. The van der Waals surface area contributed by atoms with Gasteiger partial charge >= 0.3 is 6.18 Å². The van der Waals surface area contributed by atoms with Gasteiger partial charge in [-0.3, -0.25) is 14.8 Å². The van der Waals surface area contributed by atoms with Crippen molar-refractivity contribution in [1.82, 2.24) is 20.0 Å². The number of hydrogen-bond donors (Lipinski definition) is 1. The molecule has 2 fully saturated rings. The molecule has 2 aliphatic heterocycles. The number of H-pyrrole nitrogens is 1. The summed E-state index contributed by atoms with van der Waals surface area (Å²) in [5, 5.41) is 7.30. The average Bonchev–Trinajstić information content (AvgIpc) is 3.20. The zero-order chi connectivity index (χ0) is 24.0. The zero-order valence-electron chi connectivity index (χ0n) is 18.7. The molecule has 1 N–H and O–H groups in total. The molecule has 5 rings (SSSR count). The van der Waals surface area contributed by atoms with Gasteiger partial charge in [-0.25, -0.2) is 8.78 Å². The lowest BCUT2D eigenvalue weighted by atomic mass is 9.84. The van der Waals surface area contributed by atoms with Crippen LogP contribution in [-0.4, -0.2) is 52.1 Å². The molecule has 3 heterocycles. The summed E-state index contributed by atoms with van der Waals surface area (Å²) in [5.74, 6) is -3.45. The smallest absolute Gasteiger partial charge is 0.337 e. The fourth-order valence-corrected chi connectivity index (χ4v) is 5.48. The molecule has 5 nitrogen and oxygen atoms in total. The number of aromatic nitrogens is 2. The Hall–Kier alpha value is -2.49. The molecule has 0 atom stereocenters. The van der Waals surface area contributed by atoms with Crippen molar-refractivity contribution in [1.29, 1.82) is 0 Å². The topological polar surface area (TPSA) is 52.2 Å². The van der Waals surface area contributed by atoms with E-state index in [2.05, 4.69) is 15.1 Å². The second-order valence-electron chi connectivity index (χ2n) is 9.70. The number of nitrogens with one attached hydrogen (secondary N) is 1. The van der Waals surface area contributed by atoms with Gasteiger partial charge in [-0.05, 0) is 55.6 Å². The molecular weight excluding hydrogens is 455 g/mol. The Bertz CT molecular complexity index is 1070. The van der Waals surface area contributed by atoms with Crippen LogP contribution in [0.2, 0.25) is 0 Å². The Morgan fingerprint density at radius 2 is 1.82 bits per heavy atom. The van der Waals surface area contributed by atoms with Crippen LogP contribution >= 0.6 is 0 Å². The Kier molecular flexibility index (Phi) is 6.12. The highest BCUT2D eigenvalue weighted by atomic mass is 19.4. The molecule has 3 aliphatic rings. The van der Waals surface area contributed by atoms with Gasteiger partial charge in [0.05, 0.1) is 11.3 Å². The number of piperidine rings is 1. The molecule has 0 bridgehead atoms. The van der Waals surface area contributed by atoms with E-state index in [0.29, 0.717) is 5.69 Å². The van der Waals surface area contributed by atoms with Crippen molar-refractivity contribution in [2.24, 2.45) is 5.92 Å². The number of amides is 1. The Morgan fingerprint density at radius 3 is 2.47 bits per heavy atom. The number of alkyl halides is 3. The molecule has 1 aliphatic carbocycles. The normalized spacial score (nSPS) is 20.3. The number of aromatic amines is 1. The van der Waals surface area contributed by atoms with Gasteiger partial charge in [0.2, 0.25) is 0 Å². The highest BCUT2D eigenvalue weighted by Crippen LogP contribution is 2.41. The van der Waals surface area contributed by atoms with E-state index in [4.69, 9.17) is 0 Å². The number of nitrogens with zero attached hydrogens (tertiary/aromatic N) is 3. The first kappa shape index (κ1) is 23.3. The molecule has 1 saturated carbocycles. The summed E-state index contributed by atoms with van der Waals surface area (Å²) in [6, 6.07) is 1.75. The number of halogens is 5. The van der Waals surface area contributed by atoms with E-state index in [1.165, 1.54) is 19.3 Å². The van der Waals surface area contributed by atoms with Gasteiger partial charge in [0.1, 0.15) is 0 Å². The fourth-order valence-electron chi connectivity index (χ4n) is 5.48. The standard InChI is InChI=1S/C24H27F5N4O/c25-18-5-4-16(20(21(18)26)24(27,28)29)15-6-10-33(11-7-15)23(34)22-17-8-9-32(12-14-2-1-3-14)13-19(17)30-31-22/h4-5,14-15H,1-3,6-13H2,(H,30,31). The predicted octanol–water partition coefficient (Wildman–Crippen LogP) is 4.88. The molecular formula is C24H27F5N4O. The molecule has 10 heteroatoms. The summed E-state index contributed by atoms with van der Waals surface area (Å²) >= 11 is 0. The maximum atomic E-state index is 14.0. The number of benzene rings is 1. The summed E-state index contributed by atoms with van der Waals surface area (Å²) < 4.78 is 67.8. The molecule has 0 radical (unpaired) electrons. The van der Waals surface area contributed by atoms with Crippen molar-refractivity contribution in [2.45, 2.75) is 57.2 Å². The highest BCUT2D eigenvalue weighted by molar-refractivity contribution is 5.94. The Morgan fingerprint density at radius 1 is 1.09 bits per heavy atom. The molecule has 1 saturated heterocycles. The van der Waals surface area contributed by atoms with Crippen LogP contribution in [0.1, 0.15) is 70.9 Å². The van der Waals surface area contributed by atoms with Crippen LogP contribution in [0.25, 0.3) is 0 Å². The number of hydrogen-bond acceptors (Lipinski definition) is 3. The van der Waals surface area contributed by atoms with E-state index in [9.17, 15) is 26.7 Å². The molecule has 0 unspecified atom stereocenters. The van der Waals surface area contributed by atoms with Gasteiger partial charge in [-0.2, -0.15) is 18.3 Å². The lowest BCUT2D eigenvalue weighted by Gasteiger charge is -2.35. The van der Waals surface area contributed by atoms with E-state index in [1.807, 2.05) is 0 Å². The minimum absolute atomic E-state index is 0.231. The van der Waals surface area contributed by atoms with E-state index < -0.39 is 29.3 Å². The van der Waals surface area contributed by atoms with Gasteiger partial charge in [-0.15, -0.1) is 0 Å². The van der Waals surface area contributed by atoms with E-state index >= 15 is 0 Å². The third kappa shape index (κ3) is 4.32.